The van der Waals surface area contributed by atoms with Crippen LogP contribution in [-0.2, 0) is 0 Å². The van der Waals surface area contributed by atoms with E-state index in [1.54, 1.807) is 0 Å². The second kappa shape index (κ2) is 2.86. The minimum Gasteiger partial charge on any atom is -0.138 e. The Morgan fingerprint density at radius 2 is 2.20 bits per heavy atom. The summed E-state index contributed by atoms with van der Waals surface area (Å²) in [5, 5.41) is 0.940. The molecule has 0 saturated carbocycles. The van der Waals surface area contributed by atoms with Crippen molar-refractivity contribution < 1.29 is 0 Å². The summed E-state index contributed by atoms with van der Waals surface area (Å²) in [7, 11) is 4.13. The van der Waals surface area contributed by atoms with Crippen LogP contribution >= 0.6 is 9.24 Å². The molecule has 2 heteroatoms. The molecule has 2 atom stereocenters. The normalized spacial score (nSPS) is 15.6. The van der Waals surface area contributed by atoms with Crippen molar-refractivity contribution in [2.45, 2.75) is 18.6 Å². The fourth-order valence-electron chi connectivity index (χ4n) is 0. The predicted octanol–water partition coefficient (Wildman–Crippen LogP) is -0.0370. The van der Waals surface area contributed by atoms with Gasteiger partial charge in [-0.3, -0.25) is 0 Å². The molecule has 0 bridgehead atoms. The average Bonchev–Trinajstić information content (AvgIpc) is 1.38. The first-order valence-electron chi connectivity index (χ1n) is 2.03. The predicted molar refractivity (Wildman–Crippen MR) is 33.7 cm³/mol. The molecule has 1 unspecified atom stereocenters. The van der Waals surface area contributed by atoms with Crippen LogP contribution in [0.5, 0.6) is 0 Å². The molecule has 0 aliphatic heterocycles. The van der Waals surface area contributed by atoms with Crippen LogP contribution in [0, 0.1) is 0 Å². The van der Waals surface area contributed by atoms with Gasteiger partial charge in [0.25, 0.3) is 0 Å². The Hall–Kier alpha value is 0.647. The maximum Gasteiger partial charge on any atom is 0.0115 e. The fourth-order valence-corrected chi connectivity index (χ4v) is 0. The van der Waals surface area contributed by atoms with E-state index < -0.39 is 0 Å². The minimum absolute atomic E-state index is 0.940. The van der Waals surface area contributed by atoms with Gasteiger partial charge in [-0.25, -0.2) is 0 Å². The van der Waals surface area contributed by atoms with Crippen LogP contribution < -0.4 is 0 Å². The SMILES string of the molecule is CC[C@@H]([SiH3])P. The molecule has 0 spiro atoms. The molecular formula is C3H11PSi. The third-order valence-corrected chi connectivity index (χ3v) is 1.93. The van der Waals surface area contributed by atoms with Crippen molar-refractivity contribution in [1.29, 1.82) is 0 Å². The lowest BCUT2D eigenvalue weighted by Crippen LogP contribution is -1.88. The molecule has 0 saturated heterocycles. The van der Waals surface area contributed by atoms with Crippen molar-refractivity contribution in [2.75, 3.05) is 0 Å². The largest absolute Gasteiger partial charge is 0.138 e. The highest BCUT2D eigenvalue weighted by molar-refractivity contribution is 7.20. The standard InChI is InChI=1S/C3H11PSi/c1-2-3(4)5/h3H,2,4H2,1,5H3/t3-/m1/s1. The molecule has 0 aromatic heterocycles. The summed E-state index contributed by atoms with van der Waals surface area (Å²) in [6, 6.07) is 0. The molecule has 0 fully saturated rings. The summed E-state index contributed by atoms with van der Waals surface area (Å²) in [5.41, 5.74) is 0. The lowest BCUT2D eigenvalue weighted by atomic mass is 10.6. The van der Waals surface area contributed by atoms with Gasteiger partial charge in [-0.1, -0.05) is 13.3 Å². The quantitative estimate of drug-likeness (QED) is 0.325. The number of hydrogen-bond acceptors (Lipinski definition) is 0. The van der Waals surface area contributed by atoms with Crippen LogP contribution in [0.15, 0.2) is 0 Å². The third kappa shape index (κ3) is 4.65. The van der Waals surface area contributed by atoms with Crippen molar-refractivity contribution in [2.24, 2.45) is 0 Å². The number of hydrogen-bond donors (Lipinski definition) is 0. The molecule has 5 heavy (non-hydrogen) atoms. The maximum atomic E-state index is 2.80. The topological polar surface area (TPSA) is 0 Å². The van der Waals surface area contributed by atoms with Gasteiger partial charge in [-0.15, -0.1) is 9.24 Å². The molecule has 0 radical (unpaired) electrons. The number of rotatable bonds is 1. The van der Waals surface area contributed by atoms with Gasteiger partial charge in [0, 0.05) is 10.2 Å². The Morgan fingerprint density at radius 3 is 2.20 bits per heavy atom. The zero-order valence-electron chi connectivity index (χ0n) is 3.86. The Bertz CT molecular complexity index is 20.9. The lowest BCUT2D eigenvalue weighted by Gasteiger charge is -1.90. The molecule has 0 heterocycles. The summed E-state index contributed by atoms with van der Waals surface area (Å²) in [6.07, 6.45) is 1.33. The van der Waals surface area contributed by atoms with Gasteiger partial charge in [0.05, 0.1) is 0 Å². The Labute approximate surface area is 39.0 Å². The van der Waals surface area contributed by atoms with E-state index in [1.165, 1.54) is 16.7 Å². The molecule has 0 amide bonds. The zero-order chi connectivity index (χ0) is 4.28. The summed E-state index contributed by atoms with van der Waals surface area (Å²) >= 11 is 0. The average molecular weight is 106 g/mol. The van der Waals surface area contributed by atoms with Crippen LogP contribution in [0.2, 0.25) is 0 Å². The second-order valence-corrected chi connectivity index (χ2v) is 5.34. The van der Waals surface area contributed by atoms with Crippen molar-refractivity contribution in [1.82, 2.24) is 0 Å². The highest BCUT2D eigenvalue weighted by atomic mass is 31.0. The van der Waals surface area contributed by atoms with E-state index in [4.69, 9.17) is 0 Å². The van der Waals surface area contributed by atoms with Gasteiger partial charge in [0.15, 0.2) is 0 Å². The first kappa shape index (κ1) is 5.65. The first-order chi connectivity index (χ1) is 2.27. The molecule has 0 nitrogen and oxygen atoms in total. The molecule has 0 aliphatic carbocycles. The minimum atomic E-state index is 0.940. The molecular weight excluding hydrogens is 95.1 g/mol. The first-order valence-corrected chi connectivity index (χ1v) is 3.85. The maximum absolute atomic E-state index is 2.80. The van der Waals surface area contributed by atoms with Crippen molar-refractivity contribution >= 4 is 19.5 Å². The molecule has 0 N–H and O–H groups in total. The smallest absolute Gasteiger partial charge is 0.0115 e. The van der Waals surface area contributed by atoms with Gasteiger partial charge in [0.2, 0.25) is 0 Å². The van der Waals surface area contributed by atoms with Crippen LogP contribution in [0.25, 0.3) is 0 Å². The van der Waals surface area contributed by atoms with Crippen LogP contribution in [0.4, 0.5) is 0 Å². The van der Waals surface area contributed by atoms with E-state index >= 15 is 0 Å². The fraction of sp³-hybridized carbons (Fsp3) is 1.00. The summed E-state index contributed by atoms with van der Waals surface area (Å²) in [4.78, 5) is 0. The van der Waals surface area contributed by atoms with E-state index in [2.05, 4.69) is 16.2 Å². The van der Waals surface area contributed by atoms with Crippen molar-refractivity contribution in [3.05, 3.63) is 0 Å². The van der Waals surface area contributed by atoms with E-state index in [0.717, 1.165) is 5.28 Å². The Balaban J connectivity index is 2.54. The van der Waals surface area contributed by atoms with Gasteiger partial charge in [-0.2, -0.15) is 0 Å². The highest BCUT2D eigenvalue weighted by Gasteiger charge is 1.80. The van der Waals surface area contributed by atoms with Gasteiger partial charge in [0.1, 0.15) is 0 Å². The Morgan fingerprint density at radius 1 is 2.00 bits per heavy atom. The second-order valence-electron chi connectivity index (χ2n) is 1.39. The van der Waals surface area contributed by atoms with E-state index in [0.29, 0.717) is 0 Å². The monoisotopic (exact) mass is 106 g/mol. The van der Waals surface area contributed by atoms with Gasteiger partial charge in [-0.05, 0) is 5.28 Å². The van der Waals surface area contributed by atoms with Crippen molar-refractivity contribution in [3.63, 3.8) is 0 Å². The van der Waals surface area contributed by atoms with E-state index in [-0.39, 0.29) is 0 Å². The van der Waals surface area contributed by atoms with Crippen LogP contribution in [0.3, 0.4) is 0 Å². The Kier molecular flexibility index (Phi) is 3.23. The molecule has 0 aromatic rings. The molecule has 0 aliphatic rings. The molecule has 0 aromatic carbocycles. The molecule has 0 rings (SSSR count). The van der Waals surface area contributed by atoms with E-state index in [9.17, 15) is 0 Å². The summed E-state index contributed by atoms with van der Waals surface area (Å²) < 4.78 is 0. The third-order valence-electron chi connectivity index (χ3n) is 0.644. The molecule has 32 valence electrons. The van der Waals surface area contributed by atoms with Crippen LogP contribution in [-0.4, -0.2) is 15.5 Å². The zero-order valence-corrected chi connectivity index (χ0v) is 7.02. The lowest BCUT2D eigenvalue weighted by molar-refractivity contribution is 1.05. The summed E-state index contributed by atoms with van der Waals surface area (Å²) in [6.45, 7) is 2.21. The van der Waals surface area contributed by atoms with Gasteiger partial charge >= 0.3 is 0 Å². The van der Waals surface area contributed by atoms with Crippen LogP contribution in [0.1, 0.15) is 13.3 Å². The van der Waals surface area contributed by atoms with Crippen molar-refractivity contribution in [3.8, 4) is 0 Å². The van der Waals surface area contributed by atoms with E-state index in [1.807, 2.05) is 0 Å². The highest BCUT2D eigenvalue weighted by Crippen LogP contribution is 1.95. The summed E-state index contributed by atoms with van der Waals surface area (Å²) in [5.74, 6) is 0. The van der Waals surface area contributed by atoms with Gasteiger partial charge < -0.3 is 0 Å².